The molecule has 0 aromatic heterocycles. The number of aliphatic hydroxyl groups excluding tert-OH is 1. The Balaban J connectivity index is 2.50. The number of hydrogen-bond donors (Lipinski definition) is 2. The van der Waals surface area contributed by atoms with Crippen molar-refractivity contribution < 1.29 is 9.84 Å². The largest absolute Gasteiger partial charge is 0.390 e. The maximum absolute atomic E-state index is 9.60. The molecular weight excluding hydrogens is 216 g/mol. The number of aliphatic hydroxyl groups is 1. The van der Waals surface area contributed by atoms with Gasteiger partial charge in [-0.2, -0.15) is 0 Å². The molecule has 0 aliphatic rings. The van der Waals surface area contributed by atoms with Crippen molar-refractivity contribution in [2.24, 2.45) is 5.73 Å². The maximum Gasteiger partial charge on any atom is 0.0789 e. The van der Waals surface area contributed by atoms with Gasteiger partial charge in [-0.05, 0) is 5.56 Å². The number of rotatable bonds is 8. The van der Waals surface area contributed by atoms with Crippen LogP contribution in [0.3, 0.4) is 0 Å². The molecule has 0 fully saturated rings. The number of nitrogens with zero attached hydrogens (tertiary/aromatic N) is 1. The van der Waals surface area contributed by atoms with E-state index in [2.05, 4.69) is 17.0 Å². The van der Waals surface area contributed by atoms with Gasteiger partial charge in [0.15, 0.2) is 0 Å². The van der Waals surface area contributed by atoms with Crippen molar-refractivity contribution in [2.45, 2.75) is 12.6 Å². The summed E-state index contributed by atoms with van der Waals surface area (Å²) in [5.74, 6) is 0. The topological polar surface area (TPSA) is 58.7 Å². The van der Waals surface area contributed by atoms with Gasteiger partial charge in [0.2, 0.25) is 0 Å². The Hall–Kier alpha value is -0.940. The first-order valence-electron chi connectivity index (χ1n) is 5.89. The molecular formula is C13H22N2O2. The highest BCUT2D eigenvalue weighted by molar-refractivity contribution is 5.14. The summed E-state index contributed by atoms with van der Waals surface area (Å²) in [6.45, 7) is 3.13. The molecule has 96 valence electrons. The van der Waals surface area contributed by atoms with E-state index in [9.17, 15) is 5.11 Å². The van der Waals surface area contributed by atoms with Crippen molar-refractivity contribution in [3.8, 4) is 0 Å². The van der Waals surface area contributed by atoms with Crippen LogP contribution in [0.15, 0.2) is 30.3 Å². The van der Waals surface area contributed by atoms with Crippen LogP contribution >= 0.6 is 0 Å². The molecule has 1 rings (SSSR count). The fraction of sp³-hybridized carbons (Fsp3) is 0.538. The highest BCUT2D eigenvalue weighted by Crippen LogP contribution is 2.04. The van der Waals surface area contributed by atoms with Crippen LogP contribution in [-0.2, 0) is 11.3 Å². The summed E-state index contributed by atoms with van der Waals surface area (Å²) in [6, 6.07) is 10.2. The van der Waals surface area contributed by atoms with Crippen molar-refractivity contribution in [1.29, 1.82) is 0 Å². The summed E-state index contributed by atoms with van der Waals surface area (Å²) in [6.07, 6.45) is -0.476. The Labute approximate surface area is 103 Å². The molecule has 0 aliphatic heterocycles. The predicted octanol–water partition coefficient (Wildman–Crippen LogP) is 0.455. The molecule has 0 radical (unpaired) electrons. The minimum absolute atomic E-state index is 0.290. The normalized spacial score (nSPS) is 12.9. The third kappa shape index (κ3) is 5.79. The molecule has 0 bridgehead atoms. The average molecular weight is 238 g/mol. The van der Waals surface area contributed by atoms with Gasteiger partial charge in [0.05, 0.1) is 12.7 Å². The summed E-state index contributed by atoms with van der Waals surface area (Å²) in [5.41, 5.74) is 6.66. The highest BCUT2D eigenvalue weighted by atomic mass is 16.5. The molecule has 0 unspecified atom stereocenters. The number of hydrogen-bond acceptors (Lipinski definition) is 4. The van der Waals surface area contributed by atoms with Crippen molar-refractivity contribution in [2.75, 3.05) is 33.4 Å². The minimum atomic E-state index is -0.476. The van der Waals surface area contributed by atoms with Crippen LogP contribution in [0.1, 0.15) is 5.56 Å². The third-order valence-electron chi connectivity index (χ3n) is 2.60. The van der Waals surface area contributed by atoms with Gasteiger partial charge in [0.25, 0.3) is 0 Å². The van der Waals surface area contributed by atoms with Crippen LogP contribution in [0, 0.1) is 0 Å². The van der Waals surface area contributed by atoms with Gasteiger partial charge in [-0.25, -0.2) is 0 Å². The Morgan fingerprint density at radius 3 is 2.65 bits per heavy atom. The van der Waals surface area contributed by atoms with Gasteiger partial charge < -0.3 is 15.6 Å². The summed E-state index contributed by atoms with van der Waals surface area (Å²) < 4.78 is 5.07. The van der Waals surface area contributed by atoms with E-state index in [1.54, 1.807) is 7.11 Å². The zero-order valence-electron chi connectivity index (χ0n) is 10.4. The average Bonchev–Trinajstić information content (AvgIpc) is 2.37. The first-order chi connectivity index (χ1) is 8.26. The molecule has 1 atom stereocenters. The van der Waals surface area contributed by atoms with Gasteiger partial charge in [0, 0.05) is 33.3 Å². The molecule has 0 heterocycles. The quantitative estimate of drug-likeness (QED) is 0.690. The smallest absolute Gasteiger partial charge is 0.0789 e. The number of nitrogens with two attached hydrogens (primary N) is 1. The fourth-order valence-electron chi connectivity index (χ4n) is 1.67. The monoisotopic (exact) mass is 238 g/mol. The van der Waals surface area contributed by atoms with Crippen molar-refractivity contribution >= 4 is 0 Å². The summed E-state index contributed by atoms with van der Waals surface area (Å²) in [5, 5.41) is 9.60. The molecule has 17 heavy (non-hydrogen) atoms. The molecule has 0 spiro atoms. The molecule has 0 aliphatic carbocycles. The highest BCUT2D eigenvalue weighted by Gasteiger charge is 2.10. The number of methoxy groups -OCH3 is 1. The molecule has 4 heteroatoms. The molecule has 0 saturated carbocycles. The molecule has 0 amide bonds. The third-order valence-corrected chi connectivity index (χ3v) is 2.60. The standard InChI is InChI=1S/C13H22N2O2/c1-17-8-7-15(11-13(16)9-14)10-12-5-3-2-4-6-12/h2-6,13,16H,7-11,14H2,1H3/t13-/m1/s1. The zero-order chi connectivity index (χ0) is 12.5. The van der Waals surface area contributed by atoms with Crippen molar-refractivity contribution in [3.63, 3.8) is 0 Å². The SMILES string of the molecule is COCCN(Cc1ccccc1)C[C@H](O)CN. The first-order valence-corrected chi connectivity index (χ1v) is 5.89. The van der Waals surface area contributed by atoms with E-state index in [0.717, 1.165) is 13.1 Å². The lowest BCUT2D eigenvalue weighted by Gasteiger charge is -2.24. The van der Waals surface area contributed by atoms with Gasteiger partial charge in [0.1, 0.15) is 0 Å². The van der Waals surface area contributed by atoms with Crippen LogP contribution in [0.5, 0.6) is 0 Å². The second-order valence-electron chi connectivity index (χ2n) is 4.10. The number of ether oxygens (including phenoxy) is 1. The summed E-state index contributed by atoms with van der Waals surface area (Å²) in [7, 11) is 1.68. The van der Waals surface area contributed by atoms with E-state index < -0.39 is 6.10 Å². The molecule has 0 saturated heterocycles. The van der Waals surface area contributed by atoms with E-state index >= 15 is 0 Å². The zero-order valence-corrected chi connectivity index (χ0v) is 10.4. The molecule has 1 aromatic carbocycles. The lowest BCUT2D eigenvalue weighted by molar-refractivity contribution is 0.0891. The Bertz CT molecular complexity index is 293. The predicted molar refractivity (Wildman–Crippen MR) is 68.7 cm³/mol. The molecule has 1 aromatic rings. The molecule has 4 nitrogen and oxygen atoms in total. The maximum atomic E-state index is 9.60. The van der Waals surface area contributed by atoms with Crippen LogP contribution in [0.25, 0.3) is 0 Å². The Morgan fingerprint density at radius 2 is 2.06 bits per heavy atom. The van der Waals surface area contributed by atoms with Gasteiger partial charge in [-0.1, -0.05) is 30.3 Å². The first kappa shape index (κ1) is 14.1. The van der Waals surface area contributed by atoms with Crippen LogP contribution < -0.4 is 5.73 Å². The summed E-state index contributed by atoms with van der Waals surface area (Å²) in [4.78, 5) is 2.15. The van der Waals surface area contributed by atoms with E-state index in [0.29, 0.717) is 13.2 Å². The van der Waals surface area contributed by atoms with Crippen molar-refractivity contribution in [1.82, 2.24) is 4.90 Å². The van der Waals surface area contributed by atoms with E-state index in [1.165, 1.54) is 5.56 Å². The lowest BCUT2D eigenvalue weighted by atomic mass is 10.2. The number of benzene rings is 1. The van der Waals surface area contributed by atoms with E-state index in [-0.39, 0.29) is 6.54 Å². The van der Waals surface area contributed by atoms with Crippen molar-refractivity contribution in [3.05, 3.63) is 35.9 Å². The summed E-state index contributed by atoms with van der Waals surface area (Å²) >= 11 is 0. The molecule has 3 N–H and O–H groups in total. The van der Waals surface area contributed by atoms with E-state index in [1.807, 2.05) is 18.2 Å². The fourth-order valence-corrected chi connectivity index (χ4v) is 1.67. The van der Waals surface area contributed by atoms with Crippen LogP contribution in [0.2, 0.25) is 0 Å². The van der Waals surface area contributed by atoms with Crippen LogP contribution in [-0.4, -0.2) is 49.5 Å². The Kier molecular flexibility index (Phi) is 6.81. The van der Waals surface area contributed by atoms with Gasteiger partial charge in [-0.15, -0.1) is 0 Å². The van der Waals surface area contributed by atoms with E-state index in [4.69, 9.17) is 10.5 Å². The second-order valence-corrected chi connectivity index (χ2v) is 4.10. The van der Waals surface area contributed by atoms with Gasteiger partial charge >= 0.3 is 0 Å². The van der Waals surface area contributed by atoms with Crippen LogP contribution in [0.4, 0.5) is 0 Å². The second kappa shape index (κ2) is 8.20. The minimum Gasteiger partial charge on any atom is -0.390 e. The lowest BCUT2D eigenvalue weighted by Crippen LogP contribution is -2.37. The Morgan fingerprint density at radius 1 is 1.35 bits per heavy atom. The van der Waals surface area contributed by atoms with Gasteiger partial charge in [-0.3, -0.25) is 4.90 Å².